The van der Waals surface area contributed by atoms with Crippen LogP contribution in [0.25, 0.3) is 0 Å². The van der Waals surface area contributed by atoms with Crippen LogP contribution in [0.4, 0.5) is 0 Å². The van der Waals surface area contributed by atoms with Gasteiger partial charge in [0.2, 0.25) is 0 Å². The number of carboxylic acids is 1. The second kappa shape index (κ2) is 4.77. The Morgan fingerprint density at radius 3 is 2.60 bits per heavy atom. The first-order valence-corrected chi connectivity index (χ1v) is 5.44. The molecule has 0 aliphatic heterocycles. The molecule has 82 valence electrons. The molecule has 0 aromatic heterocycles. The average Bonchev–Trinajstić information content (AvgIpc) is 2.15. The fourth-order valence-corrected chi connectivity index (χ4v) is 2.14. The number of aliphatic carboxylic acids is 1. The van der Waals surface area contributed by atoms with Gasteiger partial charge in [0.05, 0.1) is 6.54 Å². The predicted molar refractivity (Wildman–Crippen MR) is 62.8 cm³/mol. The van der Waals surface area contributed by atoms with Crippen molar-refractivity contribution in [3.05, 3.63) is 34.3 Å². The Morgan fingerprint density at radius 1 is 1.47 bits per heavy atom. The summed E-state index contributed by atoms with van der Waals surface area (Å²) in [7, 11) is 0. The SMILES string of the molecule is CC(C)(NCC(=O)O)c1ccccc1Br. The first kappa shape index (κ1) is 12.2. The smallest absolute Gasteiger partial charge is 0.317 e. The van der Waals surface area contributed by atoms with Crippen LogP contribution in [0.2, 0.25) is 0 Å². The molecule has 0 aliphatic carbocycles. The van der Waals surface area contributed by atoms with Gasteiger partial charge in [0.25, 0.3) is 0 Å². The molecule has 0 radical (unpaired) electrons. The van der Waals surface area contributed by atoms with Crippen molar-refractivity contribution in [3.63, 3.8) is 0 Å². The third kappa shape index (κ3) is 3.32. The van der Waals surface area contributed by atoms with Crippen LogP contribution in [0, 0.1) is 0 Å². The van der Waals surface area contributed by atoms with Crippen LogP contribution in [0.3, 0.4) is 0 Å². The largest absolute Gasteiger partial charge is 0.480 e. The molecule has 0 amide bonds. The number of benzene rings is 1. The van der Waals surface area contributed by atoms with E-state index >= 15 is 0 Å². The van der Waals surface area contributed by atoms with Gasteiger partial charge in [0.15, 0.2) is 0 Å². The van der Waals surface area contributed by atoms with Crippen LogP contribution >= 0.6 is 15.9 Å². The zero-order valence-electron chi connectivity index (χ0n) is 8.75. The van der Waals surface area contributed by atoms with E-state index < -0.39 is 5.97 Å². The van der Waals surface area contributed by atoms with Gasteiger partial charge in [-0.05, 0) is 25.5 Å². The van der Waals surface area contributed by atoms with E-state index in [0.717, 1.165) is 10.0 Å². The van der Waals surface area contributed by atoms with Crippen LogP contribution in [-0.4, -0.2) is 17.6 Å². The Bertz CT molecular complexity index is 363. The van der Waals surface area contributed by atoms with Gasteiger partial charge in [-0.1, -0.05) is 34.1 Å². The van der Waals surface area contributed by atoms with Crippen molar-refractivity contribution in [1.29, 1.82) is 0 Å². The number of nitrogens with one attached hydrogen (secondary N) is 1. The maximum Gasteiger partial charge on any atom is 0.317 e. The van der Waals surface area contributed by atoms with Gasteiger partial charge in [0.1, 0.15) is 0 Å². The van der Waals surface area contributed by atoms with Crippen molar-refractivity contribution in [2.24, 2.45) is 0 Å². The van der Waals surface area contributed by atoms with Gasteiger partial charge in [-0.15, -0.1) is 0 Å². The van der Waals surface area contributed by atoms with Gasteiger partial charge >= 0.3 is 5.97 Å². The Morgan fingerprint density at radius 2 is 2.07 bits per heavy atom. The highest BCUT2D eigenvalue weighted by atomic mass is 79.9. The molecule has 0 atom stereocenters. The summed E-state index contributed by atoms with van der Waals surface area (Å²) in [6, 6.07) is 7.78. The van der Waals surface area contributed by atoms with E-state index in [-0.39, 0.29) is 12.1 Å². The molecule has 1 aromatic rings. The van der Waals surface area contributed by atoms with Crippen LogP contribution < -0.4 is 5.32 Å². The summed E-state index contributed by atoms with van der Waals surface area (Å²) in [6.45, 7) is 3.86. The summed E-state index contributed by atoms with van der Waals surface area (Å²) < 4.78 is 0.980. The molecule has 1 aromatic carbocycles. The van der Waals surface area contributed by atoms with Crippen LogP contribution in [0.1, 0.15) is 19.4 Å². The molecule has 0 spiro atoms. The minimum absolute atomic E-state index is 0.0473. The fraction of sp³-hybridized carbons (Fsp3) is 0.364. The zero-order valence-corrected chi connectivity index (χ0v) is 10.3. The Kier molecular flexibility index (Phi) is 3.88. The van der Waals surface area contributed by atoms with E-state index in [1.165, 1.54) is 0 Å². The molecular formula is C11H14BrNO2. The van der Waals surface area contributed by atoms with E-state index in [4.69, 9.17) is 5.11 Å². The Hall–Kier alpha value is -0.870. The van der Waals surface area contributed by atoms with Crippen LogP contribution in [0.5, 0.6) is 0 Å². The topological polar surface area (TPSA) is 49.3 Å². The maximum absolute atomic E-state index is 10.5. The van der Waals surface area contributed by atoms with Crippen LogP contribution in [0.15, 0.2) is 28.7 Å². The molecule has 15 heavy (non-hydrogen) atoms. The molecular weight excluding hydrogens is 258 g/mol. The summed E-state index contributed by atoms with van der Waals surface area (Å²) in [5, 5.41) is 11.6. The van der Waals surface area contributed by atoms with E-state index in [1.807, 2.05) is 38.1 Å². The van der Waals surface area contributed by atoms with Crippen molar-refractivity contribution in [1.82, 2.24) is 5.32 Å². The number of carbonyl (C=O) groups is 1. The van der Waals surface area contributed by atoms with E-state index in [2.05, 4.69) is 21.2 Å². The van der Waals surface area contributed by atoms with E-state index in [9.17, 15) is 4.79 Å². The minimum Gasteiger partial charge on any atom is -0.480 e. The van der Waals surface area contributed by atoms with E-state index in [0.29, 0.717) is 0 Å². The number of hydrogen-bond donors (Lipinski definition) is 2. The number of rotatable bonds is 4. The first-order valence-electron chi connectivity index (χ1n) is 4.65. The van der Waals surface area contributed by atoms with Crippen molar-refractivity contribution in [2.75, 3.05) is 6.54 Å². The number of halogens is 1. The molecule has 0 bridgehead atoms. The van der Waals surface area contributed by atoms with Crippen LogP contribution in [-0.2, 0) is 10.3 Å². The van der Waals surface area contributed by atoms with Crippen molar-refractivity contribution in [2.45, 2.75) is 19.4 Å². The molecule has 0 aliphatic rings. The lowest BCUT2D eigenvalue weighted by Crippen LogP contribution is -2.40. The third-order valence-corrected chi connectivity index (χ3v) is 2.92. The van der Waals surface area contributed by atoms with E-state index in [1.54, 1.807) is 0 Å². The molecule has 3 nitrogen and oxygen atoms in total. The quantitative estimate of drug-likeness (QED) is 0.884. The molecule has 0 heterocycles. The second-order valence-electron chi connectivity index (χ2n) is 3.85. The zero-order chi connectivity index (χ0) is 11.5. The van der Waals surface area contributed by atoms with Crippen molar-refractivity contribution < 1.29 is 9.90 Å². The van der Waals surface area contributed by atoms with Crippen molar-refractivity contribution in [3.8, 4) is 0 Å². The summed E-state index contributed by atoms with van der Waals surface area (Å²) in [4.78, 5) is 10.5. The van der Waals surface area contributed by atoms with Crippen molar-refractivity contribution >= 4 is 21.9 Å². The number of hydrogen-bond acceptors (Lipinski definition) is 2. The van der Waals surface area contributed by atoms with Gasteiger partial charge in [-0.2, -0.15) is 0 Å². The normalized spacial score (nSPS) is 11.4. The molecule has 0 fully saturated rings. The van der Waals surface area contributed by atoms with Gasteiger partial charge in [-0.3, -0.25) is 10.1 Å². The van der Waals surface area contributed by atoms with Gasteiger partial charge in [-0.25, -0.2) is 0 Å². The molecule has 2 N–H and O–H groups in total. The summed E-state index contributed by atoms with van der Waals surface area (Å²) in [6.07, 6.45) is 0. The van der Waals surface area contributed by atoms with Gasteiger partial charge in [0, 0.05) is 10.0 Å². The fourth-order valence-electron chi connectivity index (χ4n) is 1.36. The Balaban J connectivity index is 2.85. The predicted octanol–water partition coefficient (Wildman–Crippen LogP) is 2.36. The second-order valence-corrected chi connectivity index (χ2v) is 4.71. The Labute approximate surface area is 97.6 Å². The molecule has 4 heteroatoms. The molecule has 0 unspecified atom stereocenters. The summed E-state index contributed by atoms with van der Waals surface area (Å²) in [5.41, 5.74) is 0.685. The molecule has 1 rings (SSSR count). The molecule has 0 saturated carbocycles. The lowest BCUT2D eigenvalue weighted by molar-refractivity contribution is -0.136. The maximum atomic E-state index is 10.5. The minimum atomic E-state index is -0.852. The van der Waals surface area contributed by atoms with Gasteiger partial charge < -0.3 is 5.11 Å². The highest BCUT2D eigenvalue weighted by Crippen LogP contribution is 2.27. The lowest BCUT2D eigenvalue weighted by atomic mass is 9.94. The summed E-state index contributed by atoms with van der Waals surface area (Å²) in [5.74, 6) is -0.852. The standard InChI is InChI=1S/C11H14BrNO2/c1-11(2,13-7-10(14)15)8-5-3-4-6-9(8)12/h3-6,13H,7H2,1-2H3,(H,14,15). The highest BCUT2D eigenvalue weighted by molar-refractivity contribution is 9.10. The molecule has 0 saturated heterocycles. The highest BCUT2D eigenvalue weighted by Gasteiger charge is 2.22. The third-order valence-electron chi connectivity index (χ3n) is 2.23. The number of carboxylic acid groups (broad SMARTS) is 1. The average molecular weight is 272 g/mol. The monoisotopic (exact) mass is 271 g/mol. The first-order chi connectivity index (χ1) is 6.93. The summed E-state index contributed by atoms with van der Waals surface area (Å²) >= 11 is 3.45. The lowest BCUT2D eigenvalue weighted by Gasteiger charge is -2.27.